The van der Waals surface area contributed by atoms with E-state index >= 15 is 0 Å². The smallest absolute Gasteiger partial charge is 0.425 e. The van der Waals surface area contributed by atoms with Crippen molar-refractivity contribution in [1.82, 2.24) is 0 Å². The van der Waals surface area contributed by atoms with Crippen LogP contribution in [-0.2, 0) is 4.79 Å². The SMILES string of the molecule is Cc1cc(Cl)ccc1OC(F)(F)C(=O)Nc1ccc(OC(F)(F)F)cc1. The van der Waals surface area contributed by atoms with E-state index in [1.54, 1.807) is 0 Å². The monoisotopic (exact) mass is 395 g/mol. The van der Waals surface area contributed by atoms with E-state index in [0.29, 0.717) is 10.6 Å². The van der Waals surface area contributed by atoms with Crippen molar-refractivity contribution in [2.75, 3.05) is 5.32 Å². The van der Waals surface area contributed by atoms with Gasteiger partial charge in [-0.3, -0.25) is 4.79 Å². The molecule has 0 saturated heterocycles. The standard InChI is InChI=1S/C16H11ClF5NO3/c1-9-8-10(17)2-7-13(9)26-15(18,19)14(24)23-11-3-5-12(6-4-11)25-16(20,21)22/h2-8H,1H3,(H,23,24). The number of benzene rings is 2. The highest BCUT2D eigenvalue weighted by atomic mass is 35.5. The van der Waals surface area contributed by atoms with Crippen LogP contribution in [0.3, 0.4) is 0 Å². The number of aryl methyl sites for hydroxylation is 1. The zero-order valence-corrected chi connectivity index (χ0v) is 13.8. The minimum absolute atomic E-state index is 0.166. The molecular weight excluding hydrogens is 385 g/mol. The van der Waals surface area contributed by atoms with Crippen molar-refractivity contribution >= 4 is 23.2 Å². The molecule has 0 aromatic heterocycles. The average molecular weight is 396 g/mol. The van der Waals surface area contributed by atoms with Gasteiger partial charge in [0.25, 0.3) is 0 Å². The number of alkyl halides is 5. The zero-order valence-electron chi connectivity index (χ0n) is 13.0. The molecule has 0 heterocycles. The molecule has 2 aromatic rings. The van der Waals surface area contributed by atoms with Crippen molar-refractivity contribution in [3.63, 3.8) is 0 Å². The van der Waals surface area contributed by atoms with E-state index in [1.165, 1.54) is 25.1 Å². The average Bonchev–Trinajstić information content (AvgIpc) is 2.50. The van der Waals surface area contributed by atoms with Gasteiger partial charge in [-0.15, -0.1) is 13.2 Å². The summed E-state index contributed by atoms with van der Waals surface area (Å²) in [6, 6.07) is 7.56. The first kappa shape index (κ1) is 19.8. The maximum Gasteiger partial charge on any atom is 0.573 e. The summed E-state index contributed by atoms with van der Waals surface area (Å²) >= 11 is 5.71. The van der Waals surface area contributed by atoms with Gasteiger partial charge in [-0.05, 0) is 55.0 Å². The van der Waals surface area contributed by atoms with E-state index in [-0.39, 0.29) is 11.4 Å². The predicted octanol–water partition coefficient (Wildman–Crippen LogP) is 5.16. The molecule has 1 N–H and O–H groups in total. The van der Waals surface area contributed by atoms with Gasteiger partial charge in [0.1, 0.15) is 11.5 Å². The molecule has 0 aliphatic rings. The van der Waals surface area contributed by atoms with Crippen LogP contribution in [0.15, 0.2) is 42.5 Å². The van der Waals surface area contributed by atoms with Gasteiger partial charge in [-0.25, -0.2) is 0 Å². The molecule has 2 rings (SSSR count). The molecule has 0 aliphatic heterocycles. The summed E-state index contributed by atoms with van der Waals surface area (Å²) in [6.45, 7) is 1.47. The Balaban J connectivity index is 2.05. The van der Waals surface area contributed by atoms with Crippen LogP contribution < -0.4 is 14.8 Å². The fraction of sp³-hybridized carbons (Fsp3) is 0.188. The second-order valence-electron chi connectivity index (χ2n) is 5.05. The van der Waals surface area contributed by atoms with E-state index in [1.807, 2.05) is 5.32 Å². The van der Waals surface area contributed by atoms with Crippen molar-refractivity contribution in [2.24, 2.45) is 0 Å². The van der Waals surface area contributed by atoms with Crippen LogP contribution >= 0.6 is 11.6 Å². The molecule has 2 aromatic carbocycles. The number of halogens is 6. The summed E-state index contributed by atoms with van der Waals surface area (Å²) in [7, 11) is 0. The lowest BCUT2D eigenvalue weighted by Gasteiger charge is -2.18. The number of anilines is 1. The first-order chi connectivity index (χ1) is 12.0. The lowest BCUT2D eigenvalue weighted by atomic mass is 10.2. The van der Waals surface area contributed by atoms with Crippen LogP contribution in [0.2, 0.25) is 5.02 Å². The third-order valence-corrected chi connectivity index (χ3v) is 3.22. The number of carbonyl (C=O) groups excluding carboxylic acids is 1. The highest BCUT2D eigenvalue weighted by molar-refractivity contribution is 6.30. The Labute approximate surface area is 149 Å². The number of carbonyl (C=O) groups is 1. The van der Waals surface area contributed by atoms with Crippen molar-refractivity contribution < 1.29 is 36.2 Å². The Kier molecular flexibility index (Phi) is 5.60. The van der Waals surface area contributed by atoms with Crippen molar-refractivity contribution in [3.8, 4) is 11.5 Å². The van der Waals surface area contributed by atoms with Crippen LogP contribution in [-0.4, -0.2) is 18.4 Å². The van der Waals surface area contributed by atoms with Crippen molar-refractivity contribution in [1.29, 1.82) is 0 Å². The van der Waals surface area contributed by atoms with Gasteiger partial charge in [0, 0.05) is 10.7 Å². The maximum absolute atomic E-state index is 13.9. The Morgan fingerprint density at radius 2 is 1.62 bits per heavy atom. The quantitative estimate of drug-likeness (QED) is 0.712. The number of ether oxygens (including phenoxy) is 2. The van der Waals surface area contributed by atoms with E-state index < -0.39 is 24.1 Å². The van der Waals surface area contributed by atoms with Crippen molar-refractivity contribution in [2.45, 2.75) is 19.4 Å². The Morgan fingerprint density at radius 1 is 1.00 bits per heavy atom. The van der Waals surface area contributed by atoms with Gasteiger partial charge in [-0.1, -0.05) is 11.6 Å². The summed E-state index contributed by atoms with van der Waals surface area (Å²) < 4.78 is 72.1. The molecule has 0 aliphatic carbocycles. The molecule has 0 spiro atoms. The summed E-state index contributed by atoms with van der Waals surface area (Å²) in [6.07, 6.45) is -9.11. The van der Waals surface area contributed by atoms with E-state index in [0.717, 1.165) is 24.3 Å². The largest absolute Gasteiger partial charge is 0.573 e. The maximum atomic E-state index is 13.9. The summed E-state index contributed by atoms with van der Waals surface area (Å²) in [5.74, 6) is -2.60. The lowest BCUT2D eigenvalue weighted by molar-refractivity contribution is -0.274. The number of hydrogen-bond donors (Lipinski definition) is 1. The molecule has 26 heavy (non-hydrogen) atoms. The zero-order chi connectivity index (χ0) is 19.5. The third kappa shape index (κ3) is 5.48. The molecule has 0 unspecified atom stereocenters. The molecule has 0 saturated carbocycles. The van der Waals surface area contributed by atoms with Crippen LogP contribution in [0.5, 0.6) is 11.5 Å². The van der Waals surface area contributed by atoms with Crippen LogP contribution in [0.1, 0.15) is 5.56 Å². The van der Waals surface area contributed by atoms with Gasteiger partial charge in [0.2, 0.25) is 0 Å². The first-order valence-corrected chi connectivity index (χ1v) is 7.34. The molecule has 4 nitrogen and oxygen atoms in total. The Hall–Kier alpha value is -2.55. The number of nitrogens with one attached hydrogen (secondary N) is 1. The van der Waals surface area contributed by atoms with Crippen molar-refractivity contribution in [3.05, 3.63) is 53.1 Å². The highest BCUT2D eigenvalue weighted by Gasteiger charge is 2.42. The molecule has 0 fully saturated rings. The molecule has 1 amide bonds. The topological polar surface area (TPSA) is 47.6 Å². The third-order valence-electron chi connectivity index (χ3n) is 2.99. The summed E-state index contributed by atoms with van der Waals surface area (Å²) in [5.41, 5.74) is 0.124. The highest BCUT2D eigenvalue weighted by Crippen LogP contribution is 2.29. The first-order valence-electron chi connectivity index (χ1n) is 6.96. The molecule has 0 atom stereocenters. The second-order valence-corrected chi connectivity index (χ2v) is 5.49. The van der Waals surface area contributed by atoms with Gasteiger partial charge in [0.05, 0.1) is 0 Å². The van der Waals surface area contributed by atoms with Crippen LogP contribution in [0.25, 0.3) is 0 Å². The van der Waals surface area contributed by atoms with E-state index in [4.69, 9.17) is 11.6 Å². The Morgan fingerprint density at radius 3 is 2.15 bits per heavy atom. The molecule has 10 heteroatoms. The van der Waals surface area contributed by atoms with Crippen LogP contribution in [0.4, 0.5) is 27.6 Å². The van der Waals surface area contributed by atoms with E-state index in [2.05, 4.69) is 9.47 Å². The molecule has 0 bridgehead atoms. The second kappa shape index (κ2) is 7.36. The minimum Gasteiger partial charge on any atom is -0.425 e. The van der Waals surface area contributed by atoms with Crippen LogP contribution in [0, 0.1) is 6.92 Å². The molecular formula is C16H11ClF5NO3. The van der Waals surface area contributed by atoms with Gasteiger partial charge >= 0.3 is 18.4 Å². The number of amides is 1. The predicted molar refractivity (Wildman–Crippen MR) is 83.5 cm³/mol. The lowest BCUT2D eigenvalue weighted by Crippen LogP contribution is -2.40. The van der Waals surface area contributed by atoms with Gasteiger partial charge in [-0.2, -0.15) is 8.78 Å². The fourth-order valence-corrected chi connectivity index (χ4v) is 2.08. The molecule has 140 valence electrons. The molecule has 0 radical (unpaired) electrons. The summed E-state index contributed by atoms with van der Waals surface area (Å²) in [4.78, 5) is 11.7. The number of hydrogen-bond acceptors (Lipinski definition) is 3. The van der Waals surface area contributed by atoms with Gasteiger partial charge < -0.3 is 14.8 Å². The summed E-state index contributed by atoms with van der Waals surface area (Å²) in [5, 5.41) is 2.16. The number of rotatable bonds is 5. The Bertz CT molecular complexity index is 793. The van der Waals surface area contributed by atoms with E-state index in [9.17, 15) is 26.7 Å². The van der Waals surface area contributed by atoms with Gasteiger partial charge in [0.15, 0.2) is 0 Å². The fourth-order valence-electron chi connectivity index (χ4n) is 1.86. The minimum atomic E-state index is -4.89. The normalized spacial score (nSPS) is 11.8.